The maximum Gasteiger partial charge on any atom is 0.0502 e. The van der Waals surface area contributed by atoms with Gasteiger partial charge in [-0.15, -0.1) is 0 Å². The van der Waals surface area contributed by atoms with E-state index in [4.69, 9.17) is 0 Å². The Kier molecular flexibility index (Phi) is 2.59. The van der Waals surface area contributed by atoms with Gasteiger partial charge in [0.05, 0.1) is 6.61 Å². The highest BCUT2D eigenvalue weighted by atomic mass is 16.3. The van der Waals surface area contributed by atoms with E-state index in [-0.39, 0.29) is 12.0 Å². The Balaban J connectivity index is 2.37. The summed E-state index contributed by atoms with van der Waals surface area (Å²) in [4.78, 5) is 0. The Morgan fingerprint density at radius 3 is 2.53 bits per heavy atom. The Hall–Kier alpha value is -0.820. The lowest BCUT2D eigenvalue weighted by molar-refractivity contribution is 0.156. The van der Waals surface area contributed by atoms with Crippen LogP contribution in [-0.4, -0.2) is 11.7 Å². The van der Waals surface area contributed by atoms with Crippen LogP contribution in [0.2, 0.25) is 0 Å². The van der Waals surface area contributed by atoms with E-state index in [0.717, 1.165) is 6.42 Å². The molecule has 0 saturated heterocycles. The van der Waals surface area contributed by atoms with Gasteiger partial charge in [-0.3, -0.25) is 0 Å². The van der Waals surface area contributed by atoms with Gasteiger partial charge < -0.3 is 5.11 Å². The molecule has 1 aromatic rings. The summed E-state index contributed by atoms with van der Waals surface area (Å²) in [5.74, 6) is 0.904. The van der Waals surface area contributed by atoms with E-state index < -0.39 is 0 Å². The lowest BCUT2D eigenvalue weighted by Gasteiger charge is -2.31. The predicted molar refractivity (Wildman–Crippen MR) is 62.9 cm³/mol. The molecular formula is C14H20O. The minimum absolute atomic E-state index is 0.270. The molecule has 1 heteroatoms. The molecule has 0 aromatic heterocycles. The molecule has 0 bridgehead atoms. The standard InChI is InChI=1S/C14H20O/c1-14(2,3)13-8-10-6-4-5-7-11(10)12(13)9-15/h4-7,12-13,15H,8-9H2,1-3H3. The third-order valence-corrected chi connectivity index (χ3v) is 3.69. The van der Waals surface area contributed by atoms with Crippen LogP contribution < -0.4 is 0 Å². The normalized spacial score (nSPS) is 25.3. The van der Waals surface area contributed by atoms with Gasteiger partial charge in [-0.05, 0) is 28.9 Å². The van der Waals surface area contributed by atoms with E-state index in [1.807, 2.05) is 0 Å². The number of hydrogen-bond donors (Lipinski definition) is 1. The molecule has 1 aliphatic carbocycles. The largest absolute Gasteiger partial charge is 0.396 e. The number of hydrogen-bond acceptors (Lipinski definition) is 1. The number of fused-ring (bicyclic) bond motifs is 1. The van der Waals surface area contributed by atoms with Gasteiger partial charge in [0.1, 0.15) is 0 Å². The minimum atomic E-state index is 0.270. The van der Waals surface area contributed by atoms with Gasteiger partial charge in [0.25, 0.3) is 0 Å². The molecule has 0 saturated carbocycles. The fourth-order valence-corrected chi connectivity index (χ4v) is 2.81. The van der Waals surface area contributed by atoms with Crippen molar-refractivity contribution in [2.75, 3.05) is 6.61 Å². The first-order chi connectivity index (χ1) is 7.04. The van der Waals surface area contributed by atoms with Crippen molar-refractivity contribution in [3.05, 3.63) is 35.4 Å². The molecule has 2 rings (SSSR count). The van der Waals surface area contributed by atoms with Crippen LogP contribution in [0, 0.1) is 11.3 Å². The van der Waals surface area contributed by atoms with Crippen LogP contribution in [0.3, 0.4) is 0 Å². The zero-order valence-electron chi connectivity index (χ0n) is 9.83. The third kappa shape index (κ3) is 1.81. The molecule has 1 aliphatic rings. The topological polar surface area (TPSA) is 20.2 Å². The second-order valence-electron chi connectivity index (χ2n) is 5.66. The summed E-state index contributed by atoms with van der Waals surface area (Å²) in [6.45, 7) is 7.09. The van der Waals surface area contributed by atoms with Crippen molar-refractivity contribution in [1.82, 2.24) is 0 Å². The van der Waals surface area contributed by atoms with Crippen molar-refractivity contribution in [1.29, 1.82) is 0 Å². The Morgan fingerprint density at radius 1 is 1.27 bits per heavy atom. The van der Waals surface area contributed by atoms with Crippen molar-refractivity contribution in [3.8, 4) is 0 Å². The highest BCUT2D eigenvalue weighted by Gasteiger charge is 2.38. The molecule has 0 spiro atoms. The zero-order chi connectivity index (χ0) is 11.1. The molecule has 1 aromatic carbocycles. The molecule has 1 N–H and O–H groups in total. The van der Waals surface area contributed by atoms with Crippen LogP contribution in [0.5, 0.6) is 0 Å². The highest BCUT2D eigenvalue weighted by Crippen LogP contribution is 2.46. The molecule has 0 amide bonds. The smallest absolute Gasteiger partial charge is 0.0502 e. The van der Waals surface area contributed by atoms with Crippen molar-refractivity contribution in [2.45, 2.75) is 33.1 Å². The fraction of sp³-hybridized carbons (Fsp3) is 0.571. The average Bonchev–Trinajstić information content (AvgIpc) is 2.55. The van der Waals surface area contributed by atoms with E-state index in [1.54, 1.807) is 0 Å². The number of aliphatic hydroxyl groups excluding tert-OH is 1. The van der Waals surface area contributed by atoms with Gasteiger partial charge >= 0.3 is 0 Å². The molecule has 0 heterocycles. The lowest BCUT2D eigenvalue weighted by atomic mass is 9.74. The molecule has 82 valence electrons. The van der Waals surface area contributed by atoms with Gasteiger partial charge in [0.2, 0.25) is 0 Å². The maximum absolute atomic E-state index is 9.55. The summed E-state index contributed by atoms with van der Waals surface area (Å²) < 4.78 is 0. The van der Waals surface area contributed by atoms with Gasteiger partial charge in [0, 0.05) is 5.92 Å². The van der Waals surface area contributed by atoms with E-state index in [9.17, 15) is 5.11 Å². The molecule has 0 aliphatic heterocycles. The molecule has 15 heavy (non-hydrogen) atoms. The van der Waals surface area contributed by atoms with Crippen LogP contribution in [0.15, 0.2) is 24.3 Å². The van der Waals surface area contributed by atoms with Gasteiger partial charge in [-0.25, -0.2) is 0 Å². The summed E-state index contributed by atoms with van der Waals surface area (Å²) in [7, 11) is 0. The highest BCUT2D eigenvalue weighted by molar-refractivity contribution is 5.36. The summed E-state index contributed by atoms with van der Waals surface area (Å²) in [6.07, 6.45) is 1.12. The molecular weight excluding hydrogens is 184 g/mol. The van der Waals surface area contributed by atoms with Gasteiger partial charge in [0.15, 0.2) is 0 Å². The van der Waals surface area contributed by atoms with Crippen molar-refractivity contribution < 1.29 is 5.11 Å². The van der Waals surface area contributed by atoms with E-state index in [1.165, 1.54) is 11.1 Å². The lowest BCUT2D eigenvalue weighted by Crippen LogP contribution is -2.26. The zero-order valence-corrected chi connectivity index (χ0v) is 9.83. The summed E-state index contributed by atoms with van der Waals surface area (Å²) in [5.41, 5.74) is 3.06. The van der Waals surface area contributed by atoms with E-state index >= 15 is 0 Å². The average molecular weight is 204 g/mol. The first-order valence-corrected chi connectivity index (χ1v) is 5.72. The van der Waals surface area contributed by atoms with Crippen molar-refractivity contribution in [2.24, 2.45) is 11.3 Å². The predicted octanol–water partition coefficient (Wildman–Crippen LogP) is 2.98. The second kappa shape index (κ2) is 3.64. The first-order valence-electron chi connectivity index (χ1n) is 5.72. The Bertz CT molecular complexity index is 349. The number of benzene rings is 1. The SMILES string of the molecule is CC(C)(C)C1Cc2ccccc2C1CO. The minimum Gasteiger partial charge on any atom is -0.396 e. The maximum atomic E-state index is 9.55. The Labute approximate surface area is 92.1 Å². The molecule has 2 atom stereocenters. The third-order valence-electron chi connectivity index (χ3n) is 3.69. The Morgan fingerprint density at radius 2 is 1.93 bits per heavy atom. The molecule has 0 fully saturated rings. The van der Waals surface area contributed by atoms with E-state index in [2.05, 4.69) is 45.0 Å². The van der Waals surface area contributed by atoms with Crippen LogP contribution in [0.25, 0.3) is 0 Å². The first kappa shape index (κ1) is 10.7. The van der Waals surface area contributed by atoms with Gasteiger partial charge in [-0.1, -0.05) is 45.0 Å². The fourth-order valence-electron chi connectivity index (χ4n) is 2.81. The van der Waals surface area contributed by atoms with Crippen LogP contribution >= 0.6 is 0 Å². The molecule has 2 unspecified atom stereocenters. The summed E-state index contributed by atoms with van der Waals surface area (Å²) in [5, 5.41) is 9.55. The van der Waals surface area contributed by atoms with E-state index in [0.29, 0.717) is 11.8 Å². The second-order valence-corrected chi connectivity index (χ2v) is 5.66. The van der Waals surface area contributed by atoms with Crippen molar-refractivity contribution >= 4 is 0 Å². The van der Waals surface area contributed by atoms with Crippen LogP contribution in [0.1, 0.15) is 37.8 Å². The number of aliphatic hydroxyl groups is 1. The number of rotatable bonds is 1. The van der Waals surface area contributed by atoms with Crippen LogP contribution in [0.4, 0.5) is 0 Å². The quantitative estimate of drug-likeness (QED) is 0.745. The molecule has 0 radical (unpaired) electrons. The summed E-state index contributed by atoms with van der Waals surface area (Å²) in [6, 6.07) is 8.54. The summed E-state index contributed by atoms with van der Waals surface area (Å²) >= 11 is 0. The monoisotopic (exact) mass is 204 g/mol. The van der Waals surface area contributed by atoms with Gasteiger partial charge in [-0.2, -0.15) is 0 Å². The van der Waals surface area contributed by atoms with Crippen molar-refractivity contribution in [3.63, 3.8) is 0 Å². The van der Waals surface area contributed by atoms with Crippen LogP contribution in [-0.2, 0) is 6.42 Å². The molecule has 1 nitrogen and oxygen atoms in total.